The number of benzene rings is 1. The maximum Gasteiger partial charge on any atom is 0.260 e. The Labute approximate surface area is 148 Å². The summed E-state index contributed by atoms with van der Waals surface area (Å²) in [5.74, 6) is 2.45. The highest BCUT2D eigenvalue weighted by Crippen LogP contribution is 2.23. The number of para-hydroxylation sites is 1. The van der Waals surface area contributed by atoms with Crippen molar-refractivity contribution in [3.8, 4) is 5.75 Å². The molecule has 0 atom stereocenters. The summed E-state index contributed by atoms with van der Waals surface area (Å²) in [7, 11) is 0. The average molecular weight is 340 g/mol. The second kappa shape index (κ2) is 7.96. The molecule has 0 bridgehead atoms. The zero-order valence-corrected chi connectivity index (χ0v) is 14.7. The third-order valence-corrected chi connectivity index (χ3v) is 4.43. The van der Waals surface area contributed by atoms with E-state index in [1.54, 1.807) is 12.1 Å². The van der Waals surface area contributed by atoms with E-state index in [0.29, 0.717) is 23.7 Å². The number of rotatable bonds is 5. The number of amides is 1. The molecule has 25 heavy (non-hydrogen) atoms. The molecule has 1 saturated heterocycles. The third-order valence-electron chi connectivity index (χ3n) is 4.43. The van der Waals surface area contributed by atoms with Gasteiger partial charge in [-0.3, -0.25) is 4.79 Å². The van der Waals surface area contributed by atoms with Gasteiger partial charge < -0.3 is 15.0 Å². The summed E-state index contributed by atoms with van der Waals surface area (Å²) in [6.45, 7) is 6.65. The van der Waals surface area contributed by atoms with Gasteiger partial charge in [0, 0.05) is 19.2 Å². The lowest BCUT2D eigenvalue weighted by Crippen LogP contribution is -2.33. The van der Waals surface area contributed by atoms with Crippen molar-refractivity contribution in [3.05, 3.63) is 42.2 Å². The van der Waals surface area contributed by atoms with Crippen LogP contribution in [-0.4, -0.2) is 35.6 Å². The molecule has 1 aromatic heterocycles. The molecule has 6 heteroatoms. The molecular weight excluding hydrogens is 316 g/mol. The van der Waals surface area contributed by atoms with Crippen LogP contribution in [0.5, 0.6) is 5.75 Å². The molecule has 1 aromatic carbocycles. The lowest BCUT2D eigenvalue weighted by molar-refractivity contribution is 0.102. The summed E-state index contributed by atoms with van der Waals surface area (Å²) in [6, 6.07) is 9.03. The molecular formula is C19H24N4O2. The Balaban J connectivity index is 1.73. The van der Waals surface area contributed by atoms with Crippen molar-refractivity contribution in [2.45, 2.75) is 26.7 Å². The summed E-state index contributed by atoms with van der Waals surface area (Å²) in [5.41, 5.74) is 0.497. The van der Waals surface area contributed by atoms with Crippen molar-refractivity contribution in [3.63, 3.8) is 0 Å². The first-order valence-corrected chi connectivity index (χ1v) is 8.77. The van der Waals surface area contributed by atoms with Crippen molar-refractivity contribution >= 4 is 17.5 Å². The number of aromatic nitrogens is 2. The monoisotopic (exact) mass is 340 g/mol. The van der Waals surface area contributed by atoms with Crippen LogP contribution in [0.1, 0.15) is 37.0 Å². The zero-order chi connectivity index (χ0) is 17.6. The Morgan fingerprint density at radius 2 is 2.04 bits per heavy atom. The van der Waals surface area contributed by atoms with E-state index in [9.17, 15) is 4.79 Å². The van der Waals surface area contributed by atoms with Gasteiger partial charge in [-0.2, -0.15) is 0 Å². The molecule has 1 aliphatic rings. The smallest absolute Gasteiger partial charge is 0.260 e. The largest absolute Gasteiger partial charge is 0.493 e. The Hall–Kier alpha value is -2.63. The van der Waals surface area contributed by atoms with Crippen LogP contribution in [0.15, 0.2) is 36.7 Å². The molecule has 2 heterocycles. The average Bonchev–Trinajstić information content (AvgIpc) is 2.63. The van der Waals surface area contributed by atoms with Crippen molar-refractivity contribution in [2.75, 3.05) is 29.9 Å². The van der Waals surface area contributed by atoms with E-state index in [1.165, 1.54) is 6.33 Å². The number of carbonyl (C=O) groups excluding carboxylic acids is 1. The predicted octanol–water partition coefficient (Wildman–Crippen LogP) is 3.36. The molecule has 3 rings (SSSR count). The molecule has 132 valence electrons. The first-order chi connectivity index (χ1) is 12.2. The van der Waals surface area contributed by atoms with Crippen LogP contribution in [0, 0.1) is 5.92 Å². The number of ether oxygens (including phenoxy) is 1. The Morgan fingerprint density at radius 3 is 2.80 bits per heavy atom. The number of anilines is 2. The van der Waals surface area contributed by atoms with Gasteiger partial charge in [0.05, 0.1) is 12.2 Å². The fourth-order valence-electron chi connectivity index (χ4n) is 2.95. The van der Waals surface area contributed by atoms with Gasteiger partial charge in [0.1, 0.15) is 23.7 Å². The van der Waals surface area contributed by atoms with Gasteiger partial charge in [-0.25, -0.2) is 9.97 Å². The number of hydrogen-bond donors (Lipinski definition) is 1. The molecule has 1 aliphatic heterocycles. The SMILES string of the molecule is CCOc1ccccc1C(=O)Nc1cc(N2CCC(C)CC2)ncn1. The molecule has 0 unspecified atom stereocenters. The summed E-state index contributed by atoms with van der Waals surface area (Å²) in [6.07, 6.45) is 3.82. The van der Waals surface area contributed by atoms with E-state index in [4.69, 9.17) is 4.74 Å². The van der Waals surface area contributed by atoms with Crippen LogP contribution in [0.4, 0.5) is 11.6 Å². The van der Waals surface area contributed by atoms with E-state index in [1.807, 2.05) is 25.1 Å². The first kappa shape index (κ1) is 17.2. The molecule has 0 spiro atoms. The van der Waals surface area contributed by atoms with Gasteiger partial charge in [0.25, 0.3) is 5.91 Å². The van der Waals surface area contributed by atoms with Crippen molar-refractivity contribution in [2.24, 2.45) is 5.92 Å². The normalized spacial score (nSPS) is 15.0. The van der Waals surface area contributed by atoms with E-state index >= 15 is 0 Å². The van der Waals surface area contributed by atoms with E-state index in [0.717, 1.165) is 37.7 Å². The molecule has 0 saturated carbocycles. The minimum atomic E-state index is -0.235. The fourth-order valence-corrected chi connectivity index (χ4v) is 2.95. The van der Waals surface area contributed by atoms with Crippen LogP contribution in [0.3, 0.4) is 0 Å². The second-order valence-electron chi connectivity index (χ2n) is 6.31. The van der Waals surface area contributed by atoms with Crippen molar-refractivity contribution < 1.29 is 9.53 Å². The van der Waals surface area contributed by atoms with Gasteiger partial charge in [-0.1, -0.05) is 19.1 Å². The van der Waals surface area contributed by atoms with E-state index < -0.39 is 0 Å². The highest BCUT2D eigenvalue weighted by Gasteiger charge is 2.18. The van der Waals surface area contributed by atoms with E-state index in [2.05, 4.69) is 27.1 Å². The van der Waals surface area contributed by atoms with Gasteiger partial charge in [0.15, 0.2) is 0 Å². The Bertz CT molecular complexity index is 727. The van der Waals surface area contributed by atoms with Crippen LogP contribution in [0.2, 0.25) is 0 Å². The number of carbonyl (C=O) groups is 1. The third kappa shape index (κ3) is 4.26. The molecule has 2 aromatic rings. The van der Waals surface area contributed by atoms with Gasteiger partial charge >= 0.3 is 0 Å². The Morgan fingerprint density at radius 1 is 1.28 bits per heavy atom. The topological polar surface area (TPSA) is 67.3 Å². The van der Waals surface area contributed by atoms with Crippen LogP contribution >= 0.6 is 0 Å². The number of nitrogens with one attached hydrogen (secondary N) is 1. The Kier molecular flexibility index (Phi) is 5.48. The number of hydrogen-bond acceptors (Lipinski definition) is 5. The lowest BCUT2D eigenvalue weighted by atomic mass is 9.99. The summed E-state index contributed by atoms with van der Waals surface area (Å²) in [4.78, 5) is 23.4. The van der Waals surface area contributed by atoms with Crippen LogP contribution in [-0.2, 0) is 0 Å². The number of nitrogens with zero attached hydrogens (tertiary/aromatic N) is 3. The van der Waals surface area contributed by atoms with Gasteiger partial charge in [0.2, 0.25) is 0 Å². The molecule has 1 fully saturated rings. The maximum atomic E-state index is 12.6. The lowest BCUT2D eigenvalue weighted by Gasteiger charge is -2.31. The highest BCUT2D eigenvalue weighted by atomic mass is 16.5. The predicted molar refractivity (Wildman–Crippen MR) is 98.2 cm³/mol. The fraction of sp³-hybridized carbons (Fsp3) is 0.421. The zero-order valence-electron chi connectivity index (χ0n) is 14.7. The van der Waals surface area contributed by atoms with Crippen molar-refractivity contribution in [1.82, 2.24) is 9.97 Å². The number of piperidine rings is 1. The molecule has 1 N–H and O–H groups in total. The molecule has 0 radical (unpaired) electrons. The summed E-state index contributed by atoms with van der Waals surface area (Å²) >= 11 is 0. The minimum absolute atomic E-state index is 0.235. The summed E-state index contributed by atoms with van der Waals surface area (Å²) in [5, 5.41) is 2.85. The second-order valence-corrected chi connectivity index (χ2v) is 6.31. The molecule has 6 nitrogen and oxygen atoms in total. The maximum absolute atomic E-state index is 12.6. The molecule has 1 amide bonds. The first-order valence-electron chi connectivity index (χ1n) is 8.77. The van der Waals surface area contributed by atoms with Crippen molar-refractivity contribution in [1.29, 1.82) is 0 Å². The molecule has 0 aliphatic carbocycles. The van der Waals surface area contributed by atoms with Gasteiger partial charge in [-0.05, 0) is 37.8 Å². The van der Waals surface area contributed by atoms with Crippen LogP contribution < -0.4 is 15.0 Å². The summed E-state index contributed by atoms with van der Waals surface area (Å²) < 4.78 is 5.52. The van der Waals surface area contributed by atoms with E-state index in [-0.39, 0.29) is 5.91 Å². The highest BCUT2D eigenvalue weighted by molar-refractivity contribution is 6.05. The standard InChI is InChI=1S/C19H24N4O2/c1-3-25-16-7-5-4-6-15(16)19(24)22-17-12-18(21-13-20-17)23-10-8-14(2)9-11-23/h4-7,12-14H,3,8-11H2,1-2H3,(H,20,21,22,24). The van der Waals surface area contributed by atoms with Gasteiger partial charge in [-0.15, -0.1) is 0 Å². The van der Waals surface area contributed by atoms with Crippen LogP contribution in [0.25, 0.3) is 0 Å². The quantitative estimate of drug-likeness (QED) is 0.904. The minimum Gasteiger partial charge on any atom is -0.493 e.